The van der Waals surface area contributed by atoms with E-state index < -0.39 is 11.4 Å². The molecule has 0 aliphatic carbocycles. The number of nitrogens with zero attached hydrogens (tertiary/aromatic N) is 1. The average Bonchev–Trinajstić information content (AvgIpc) is 2.14. The fourth-order valence-corrected chi connectivity index (χ4v) is 1.95. The predicted octanol–water partition coefficient (Wildman–Crippen LogP) is 2.76. The molecule has 1 rings (SSSR count). The standard InChI is InChI=1S/C13H18FNO2/c1-13(2,8-12(16)17)9-15(3)11-7-5-4-6-10(11)14/h4-7H,8-9H2,1-3H3,(H,16,17). The minimum Gasteiger partial charge on any atom is -0.481 e. The molecule has 3 nitrogen and oxygen atoms in total. The molecule has 0 atom stereocenters. The molecule has 0 saturated carbocycles. The van der Waals surface area contributed by atoms with E-state index in [4.69, 9.17) is 5.11 Å². The Balaban J connectivity index is 2.75. The summed E-state index contributed by atoms with van der Waals surface area (Å²) >= 11 is 0. The third kappa shape index (κ3) is 4.06. The van der Waals surface area contributed by atoms with Crippen molar-refractivity contribution in [2.75, 3.05) is 18.5 Å². The van der Waals surface area contributed by atoms with Crippen molar-refractivity contribution in [2.24, 2.45) is 5.41 Å². The number of halogens is 1. The molecule has 94 valence electrons. The van der Waals surface area contributed by atoms with E-state index in [9.17, 15) is 9.18 Å². The highest BCUT2D eigenvalue weighted by Crippen LogP contribution is 2.25. The Kier molecular flexibility index (Phi) is 4.10. The Labute approximate surface area is 101 Å². The molecule has 0 bridgehead atoms. The minimum atomic E-state index is -0.836. The number of carboxylic acid groups (broad SMARTS) is 1. The molecule has 1 aromatic rings. The number of hydrogen-bond acceptors (Lipinski definition) is 2. The van der Waals surface area contributed by atoms with Crippen LogP contribution >= 0.6 is 0 Å². The Morgan fingerprint density at radius 3 is 2.53 bits per heavy atom. The van der Waals surface area contributed by atoms with Crippen LogP contribution in [-0.2, 0) is 4.79 Å². The lowest BCUT2D eigenvalue weighted by molar-refractivity contribution is -0.139. The highest BCUT2D eigenvalue weighted by atomic mass is 19.1. The number of anilines is 1. The van der Waals surface area contributed by atoms with Gasteiger partial charge < -0.3 is 10.0 Å². The maximum absolute atomic E-state index is 13.5. The first-order valence-corrected chi connectivity index (χ1v) is 5.49. The van der Waals surface area contributed by atoms with E-state index >= 15 is 0 Å². The van der Waals surface area contributed by atoms with Crippen molar-refractivity contribution in [3.63, 3.8) is 0 Å². The normalized spacial score (nSPS) is 11.3. The first-order chi connectivity index (χ1) is 7.82. The summed E-state index contributed by atoms with van der Waals surface area (Å²) in [4.78, 5) is 12.5. The lowest BCUT2D eigenvalue weighted by Gasteiger charge is -2.30. The molecule has 0 saturated heterocycles. The van der Waals surface area contributed by atoms with Gasteiger partial charge >= 0.3 is 5.97 Å². The van der Waals surface area contributed by atoms with Crippen molar-refractivity contribution in [3.05, 3.63) is 30.1 Å². The van der Waals surface area contributed by atoms with E-state index in [1.54, 1.807) is 30.1 Å². The maximum atomic E-state index is 13.5. The molecule has 0 heterocycles. The van der Waals surface area contributed by atoms with Crippen molar-refractivity contribution in [1.82, 2.24) is 0 Å². The summed E-state index contributed by atoms with van der Waals surface area (Å²) in [6.45, 7) is 4.21. The van der Waals surface area contributed by atoms with Crippen LogP contribution in [0.2, 0.25) is 0 Å². The van der Waals surface area contributed by atoms with Crippen LogP contribution in [0.15, 0.2) is 24.3 Å². The van der Waals surface area contributed by atoms with Crippen LogP contribution in [-0.4, -0.2) is 24.7 Å². The minimum absolute atomic E-state index is 0.0613. The number of carbonyl (C=O) groups is 1. The number of rotatable bonds is 5. The second-order valence-electron chi connectivity index (χ2n) is 5.04. The molecular formula is C13H18FNO2. The van der Waals surface area contributed by atoms with Crippen LogP contribution in [0.25, 0.3) is 0 Å². The number of aliphatic carboxylic acids is 1. The predicted molar refractivity (Wildman–Crippen MR) is 65.7 cm³/mol. The van der Waals surface area contributed by atoms with Crippen molar-refractivity contribution < 1.29 is 14.3 Å². The van der Waals surface area contributed by atoms with Gasteiger partial charge in [0.25, 0.3) is 0 Å². The van der Waals surface area contributed by atoms with Crippen molar-refractivity contribution in [3.8, 4) is 0 Å². The summed E-state index contributed by atoms with van der Waals surface area (Å²) in [6, 6.07) is 6.48. The van der Waals surface area contributed by atoms with Crippen LogP contribution in [0, 0.1) is 11.2 Å². The summed E-state index contributed by atoms with van der Waals surface area (Å²) in [5.41, 5.74) is 0.0917. The zero-order valence-corrected chi connectivity index (χ0v) is 10.4. The molecule has 0 radical (unpaired) electrons. The zero-order valence-electron chi connectivity index (χ0n) is 10.4. The Morgan fingerprint density at radius 1 is 1.41 bits per heavy atom. The van der Waals surface area contributed by atoms with Gasteiger partial charge in [0.1, 0.15) is 5.82 Å². The lowest BCUT2D eigenvalue weighted by atomic mass is 9.88. The molecule has 0 aliphatic heterocycles. The summed E-state index contributed by atoms with van der Waals surface area (Å²) in [5.74, 6) is -1.13. The molecule has 4 heteroatoms. The van der Waals surface area contributed by atoms with Crippen LogP contribution in [0.3, 0.4) is 0 Å². The largest absolute Gasteiger partial charge is 0.481 e. The number of carboxylic acids is 1. The molecule has 1 aromatic carbocycles. The van der Waals surface area contributed by atoms with Gasteiger partial charge in [-0.05, 0) is 17.5 Å². The van der Waals surface area contributed by atoms with E-state index in [1.165, 1.54) is 6.07 Å². The first kappa shape index (κ1) is 13.5. The van der Waals surface area contributed by atoms with Crippen molar-refractivity contribution in [2.45, 2.75) is 20.3 Å². The van der Waals surface area contributed by atoms with E-state index in [2.05, 4.69) is 0 Å². The molecular weight excluding hydrogens is 221 g/mol. The van der Waals surface area contributed by atoms with Gasteiger partial charge in [-0.2, -0.15) is 0 Å². The maximum Gasteiger partial charge on any atom is 0.303 e. The van der Waals surface area contributed by atoms with E-state index in [-0.39, 0.29) is 12.2 Å². The smallest absolute Gasteiger partial charge is 0.303 e. The Hall–Kier alpha value is -1.58. The summed E-state index contributed by atoms with van der Waals surface area (Å²) in [5, 5.41) is 8.79. The molecule has 0 aromatic heterocycles. The highest BCUT2D eigenvalue weighted by Gasteiger charge is 2.24. The van der Waals surface area contributed by atoms with Gasteiger partial charge in [-0.25, -0.2) is 4.39 Å². The molecule has 0 unspecified atom stereocenters. The van der Waals surface area contributed by atoms with E-state index in [0.717, 1.165) is 0 Å². The molecule has 0 aliphatic rings. The SMILES string of the molecule is CN(CC(C)(C)CC(=O)O)c1ccccc1F. The van der Waals surface area contributed by atoms with Crippen LogP contribution in [0.1, 0.15) is 20.3 Å². The van der Waals surface area contributed by atoms with E-state index in [1.807, 2.05) is 13.8 Å². The number of hydrogen-bond donors (Lipinski definition) is 1. The van der Waals surface area contributed by atoms with Gasteiger partial charge in [0.05, 0.1) is 12.1 Å². The quantitative estimate of drug-likeness (QED) is 0.859. The van der Waals surface area contributed by atoms with Crippen molar-refractivity contribution >= 4 is 11.7 Å². The molecule has 0 amide bonds. The fourth-order valence-electron chi connectivity index (χ4n) is 1.95. The van der Waals surface area contributed by atoms with Gasteiger partial charge in [0.2, 0.25) is 0 Å². The molecule has 0 fully saturated rings. The first-order valence-electron chi connectivity index (χ1n) is 5.49. The second kappa shape index (κ2) is 5.17. The van der Waals surface area contributed by atoms with Crippen molar-refractivity contribution in [1.29, 1.82) is 0 Å². The average molecular weight is 239 g/mol. The second-order valence-corrected chi connectivity index (χ2v) is 5.04. The Morgan fingerprint density at radius 2 is 2.00 bits per heavy atom. The van der Waals surface area contributed by atoms with Crippen LogP contribution in [0.4, 0.5) is 10.1 Å². The molecule has 1 N–H and O–H groups in total. The van der Waals surface area contributed by atoms with Crippen LogP contribution in [0.5, 0.6) is 0 Å². The van der Waals surface area contributed by atoms with E-state index in [0.29, 0.717) is 12.2 Å². The summed E-state index contributed by atoms with van der Waals surface area (Å²) in [6.07, 6.45) is 0.0613. The summed E-state index contributed by atoms with van der Waals surface area (Å²) in [7, 11) is 1.77. The molecule has 17 heavy (non-hydrogen) atoms. The summed E-state index contributed by atoms with van der Waals surface area (Å²) < 4.78 is 13.5. The topological polar surface area (TPSA) is 40.5 Å². The number of benzene rings is 1. The van der Waals surface area contributed by atoms with Gasteiger partial charge in [0, 0.05) is 13.6 Å². The third-order valence-electron chi connectivity index (χ3n) is 2.56. The number of para-hydroxylation sites is 1. The van der Waals surface area contributed by atoms with Gasteiger partial charge in [0.15, 0.2) is 0 Å². The van der Waals surface area contributed by atoms with Gasteiger partial charge in [-0.15, -0.1) is 0 Å². The highest BCUT2D eigenvalue weighted by molar-refractivity contribution is 5.67. The van der Waals surface area contributed by atoms with Gasteiger partial charge in [-0.1, -0.05) is 26.0 Å². The lowest BCUT2D eigenvalue weighted by Crippen LogP contribution is -2.33. The van der Waals surface area contributed by atoms with Gasteiger partial charge in [-0.3, -0.25) is 4.79 Å². The molecule has 0 spiro atoms. The monoisotopic (exact) mass is 239 g/mol. The fraction of sp³-hybridized carbons (Fsp3) is 0.462. The zero-order chi connectivity index (χ0) is 13.1. The van der Waals surface area contributed by atoms with Crippen LogP contribution < -0.4 is 4.90 Å². The third-order valence-corrected chi connectivity index (χ3v) is 2.56. The Bertz CT molecular complexity index is 404.